The Bertz CT molecular complexity index is 1180. The molecule has 0 spiro atoms. The fourth-order valence-corrected chi connectivity index (χ4v) is 5.12. The molecule has 0 saturated carbocycles. The molecule has 1 fully saturated rings. The first-order chi connectivity index (χ1) is 15.7. The molecule has 3 rings (SSSR count). The fourth-order valence-electron chi connectivity index (χ4n) is 3.50. The number of hydrogen-bond acceptors (Lipinski definition) is 6. The van der Waals surface area contributed by atoms with Crippen LogP contribution in [0.15, 0.2) is 47.4 Å². The van der Waals surface area contributed by atoms with Crippen molar-refractivity contribution in [1.82, 2.24) is 15.2 Å². The third-order valence-corrected chi connectivity index (χ3v) is 7.58. The average Bonchev–Trinajstić information content (AvgIpc) is 2.83. The molecule has 1 aliphatic heterocycles. The number of aryl methyl sites for hydroxylation is 2. The van der Waals surface area contributed by atoms with Gasteiger partial charge in [0.15, 0.2) is 6.61 Å². The van der Waals surface area contributed by atoms with Crippen LogP contribution in [0, 0.1) is 31.1 Å². The SMILES string of the molecule is Cc1ccc(OCC(=O)NNC(=O)C2CCN(S(=O)(=O)c3ccccc3C#N)CC2)cc1C. The van der Waals surface area contributed by atoms with Crippen LogP contribution in [0.4, 0.5) is 0 Å². The van der Waals surface area contributed by atoms with E-state index in [1.165, 1.54) is 16.4 Å². The lowest BCUT2D eigenvalue weighted by atomic mass is 9.98. The Kier molecular flexibility index (Phi) is 7.68. The Morgan fingerprint density at radius 1 is 1.09 bits per heavy atom. The van der Waals surface area contributed by atoms with Gasteiger partial charge in [0.25, 0.3) is 5.91 Å². The lowest BCUT2D eigenvalue weighted by Gasteiger charge is -2.30. The molecule has 0 atom stereocenters. The molecule has 0 bridgehead atoms. The first kappa shape index (κ1) is 24.2. The maximum atomic E-state index is 12.9. The van der Waals surface area contributed by atoms with Gasteiger partial charge in [-0.1, -0.05) is 18.2 Å². The molecule has 2 N–H and O–H groups in total. The summed E-state index contributed by atoms with van der Waals surface area (Å²) in [5, 5.41) is 9.20. The molecule has 2 amide bonds. The van der Waals surface area contributed by atoms with Crippen LogP contribution in [0.2, 0.25) is 0 Å². The second-order valence-corrected chi connectivity index (χ2v) is 9.76. The van der Waals surface area contributed by atoms with Gasteiger partial charge >= 0.3 is 0 Å². The first-order valence-electron chi connectivity index (χ1n) is 10.5. The number of carbonyl (C=O) groups is 2. The molecule has 9 nitrogen and oxygen atoms in total. The average molecular weight is 471 g/mol. The van der Waals surface area contributed by atoms with E-state index in [0.29, 0.717) is 18.6 Å². The van der Waals surface area contributed by atoms with E-state index >= 15 is 0 Å². The molecule has 33 heavy (non-hydrogen) atoms. The minimum Gasteiger partial charge on any atom is -0.484 e. The van der Waals surface area contributed by atoms with Crippen LogP contribution in [0.1, 0.15) is 29.5 Å². The van der Waals surface area contributed by atoms with E-state index in [2.05, 4.69) is 10.9 Å². The number of ether oxygens (including phenoxy) is 1. The van der Waals surface area contributed by atoms with Crippen molar-refractivity contribution >= 4 is 21.8 Å². The molecule has 0 radical (unpaired) electrons. The summed E-state index contributed by atoms with van der Waals surface area (Å²) in [4.78, 5) is 24.4. The maximum Gasteiger partial charge on any atom is 0.276 e. The van der Waals surface area contributed by atoms with Crippen LogP contribution in [0.3, 0.4) is 0 Å². The van der Waals surface area contributed by atoms with E-state index in [9.17, 15) is 23.3 Å². The van der Waals surface area contributed by atoms with Crippen molar-refractivity contribution < 1.29 is 22.7 Å². The van der Waals surface area contributed by atoms with Gasteiger partial charge in [0, 0.05) is 19.0 Å². The number of nitrogens with one attached hydrogen (secondary N) is 2. The van der Waals surface area contributed by atoms with Gasteiger partial charge in [-0.3, -0.25) is 20.4 Å². The molecular formula is C23H26N4O5S. The van der Waals surface area contributed by atoms with E-state index in [1.54, 1.807) is 18.2 Å². The molecule has 2 aromatic carbocycles. The number of sulfonamides is 1. The molecule has 0 aliphatic carbocycles. The predicted molar refractivity (Wildman–Crippen MR) is 120 cm³/mol. The van der Waals surface area contributed by atoms with Gasteiger partial charge in [-0.25, -0.2) is 8.42 Å². The Hall–Kier alpha value is -3.42. The van der Waals surface area contributed by atoms with Gasteiger partial charge in [-0.05, 0) is 62.1 Å². The van der Waals surface area contributed by atoms with Gasteiger partial charge in [0.05, 0.1) is 10.5 Å². The summed E-state index contributed by atoms with van der Waals surface area (Å²) in [5.41, 5.74) is 6.96. The number of nitriles is 1. The van der Waals surface area contributed by atoms with Crippen molar-refractivity contribution in [1.29, 1.82) is 5.26 Å². The molecule has 0 aromatic heterocycles. The second-order valence-electron chi connectivity index (χ2n) is 7.86. The highest BCUT2D eigenvalue weighted by molar-refractivity contribution is 7.89. The third-order valence-electron chi connectivity index (χ3n) is 5.62. The van der Waals surface area contributed by atoms with Crippen LogP contribution < -0.4 is 15.6 Å². The fraction of sp³-hybridized carbons (Fsp3) is 0.348. The zero-order chi connectivity index (χ0) is 24.0. The lowest BCUT2D eigenvalue weighted by molar-refractivity contribution is -0.132. The van der Waals surface area contributed by atoms with E-state index in [-0.39, 0.29) is 36.1 Å². The van der Waals surface area contributed by atoms with Gasteiger partial charge < -0.3 is 4.74 Å². The number of carbonyl (C=O) groups excluding carboxylic acids is 2. The Morgan fingerprint density at radius 2 is 1.79 bits per heavy atom. The predicted octanol–water partition coefficient (Wildman–Crippen LogP) is 1.80. The summed E-state index contributed by atoms with van der Waals surface area (Å²) in [7, 11) is -3.83. The molecule has 174 valence electrons. The maximum absolute atomic E-state index is 12.9. The summed E-state index contributed by atoms with van der Waals surface area (Å²) >= 11 is 0. The Labute approximate surface area is 193 Å². The lowest BCUT2D eigenvalue weighted by Crippen LogP contribution is -2.49. The van der Waals surface area contributed by atoms with Crippen molar-refractivity contribution in [3.8, 4) is 11.8 Å². The largest absolute Gasteiger partial charge is 0.484 e. The Morgan fingerprint density at radius 3 is 2.45 bits per heavy atom. The van der Waals surface area contributed by atoms with E-state index < -0.39 is 21.8 Å². The Balaban J connectivity index is 1.47. The normalized spacial score (nSPS) is 14.8. The van der Waals surface area contributed by atoms with Crippen LogP contribution in [-0.2, 0) is 19.6 Å². The summed E-state index contributed by atoms with van der Waals surface area (Å²) in [6.45, 7) is 3.96. The molecule has 1 heterocycles. The number of benzene rings is 2. The molecular weight excluding hydrogens is 444 g/mol. The van der Waals surface area contributed by atoms with E-state index in [0.717, 1.165) is 11.1 Å². The number of piperidine rings is 1. The van der Waals surface area contributed by atoms with Crippen molar-refractivity contribution in [3.05, 3.63) is 59.2 Å². The number of rotatable bonds is 6. The highest BCUT2D eigenvalue weighted by atomic mass is 32.2. The van der Waals surface area contributed by atoms with Crippen molar-refractivity contribution in [2.24, 2.45) is 5.92 Å². The monoisotopic (exact) mass is 470 g/mol. The third kappa shape index (κ3) is 5.88. The van der Waals surface area contributed by atoms with Crippen molar-refractivity contribution in [2.45, 2.75) is 31.6 Å². The molecule has 0 unspecified atom stereocenters. The molecule has 10 heteroatoms. The summed E-state index contributed by atoms with van der Waals surface area (Å²) in [6, 6.07) is 13.4. The minimum absolute atomic E-state index is 0.0357. The number of amides is 2. The molecule has 1 saturated heterocycles. The van der Waals surface area contributed by atoms with Gasteiger partial charge in [0.1, 0.15) is 11.8 Å². The highest BCUT2D eigenvalue weighted by Gasteiger charge is 2.33. The quantitative estimate of drug-likeness (QED) is 0.620. The van der Waals surface area contributed by atoms with Crippen molar-refractivity contribution in [2.75, 3.05) is 19.7 Å². The number of nitrogens with zero attached hydrogens (tertiary/aromatic N) is 2. The van der Waals surface area contributed by atoms with Crippen LogP contribution in [0.5, 0.6) is 5.75 Å². The number of hydrazine groups is 1. The van der Waals surface area contributed by atoms with Gasteiger partial charge in [-0.2, -0.15) is 9.57 Å². The molecule has 1 aliphatic rings. The standard InChI is InChI=1S/C23H26N4O5S/c1-16-7-8-20(13-17(16)2)32-15-22(28)25-26-23(29)18-9-11-27(12-10-18)33(30,31)21-6-4-3-5-19(21)14-24/h3-8,13,18H,9-12,15H2,1-2H3,(H,25,28)(H,26,29). The van der Waals surface area contributed by atoms with Crippen molar-refractivity contribution in [3.63, 3.8) is 0 Å². The minimum atomic E-state index is -3.83. The van der Waals surface area contributed by atoms with E-state index in [4.69, 9.17) is 4.74 Å². The zero-order valence-electron chi connectivity index (χ0n) is 18.5. The zero-order valence-corrected chi connectivity index (χ0v) is 19.3. The van der Waals surface area contributed by atoms with Gasteiger partial charge in [0.2, 0.25) is 15.9 Å². The molecule has 2 aromatic rings. The smallest absolute Gasteiger partial charge is 0.276 e. The number of hydrogen-bond donors (Lipinski definition) is 2. The van der Waals surface area contributed by atoms with Gasteiger partial charge in [-0.15, -0.1) is 0 Å². The van der Waals surface area contributed by atoms with Crippen LogP contribution >= 0.6 is 0 Å². The summed E-state index contributed by atoms with van der Waals surface area (Å²) in [6.07, 6.45) is 0.601. The van der Waals surface area contributed by atoms with Crippen LogP contribution in [0.25, 0.3) is 0 Å². The summed E-state index contributed by atoms with van der Waals surface area (Å²) in [5.74, 6) is -0.770. The highest BCUT2D eigenvalue weighted by Crippen LogP contribution is 2.25. The summed E-state index contributed by atoms with van der Waals surface area (Å²) < 4.78 is 32.5. The van der Waals surface area contributed by atoms with Crippen LogP contribution in [-0.4, -0.2) is 44.2 Å². The van der Waals surface area contributed by atoms with E-state index in [1.807, 2.05) is 32.0 Å². The second kappa shape index (κ2) is 10.5. The topological polar surface area (TPSA) is 129 Å². The first-order valence-corrected chi connectivity index (χ1v) is 11.9.